The maximum Gasteiger partial charge on any atom is 0.387 e. The van der Waals surface area contributed by atoms with E-state index in [0.29, 0.717) is 10.8 Å². The number of amides is 1. The number of hydrogen-bond donors (Lipinski definition) is 2. The molecule has 0 saturated heterocycles. The molecule has 0 radical (unpaired) electrons. The zero-order valence-electron chi connectivity index (χ0n) is 11.7. The molecule has 0 atom stereocenters. The average Bonchev–Trinajstić information content (AvgIpc) is 2.95. The largest absolute Gasteiger partial charge is 0.435 e. The molecule has 2 aromatic rings. The van der Waals surface area contributed by atoms with Crippen molar-refractivity contribution in [2.24, 2.45) is 0 Å². The first kappa shape index (κ1) is 16.2. The Hall–Kier alpha value is -2.16. The number of alkyl halides is 2. The number of thioether (sulfide) groups is 1. The predicted octanol–water partition coefficient (Wildman–Crippen LogP) is 2.70. The molecule has 22 heavy (non-hydrogen) atoms. The molecule has 6 nitrogen and oxygen atoms in total. The van der Waals surface area contributed by atoms with E-state index in [-0.39, 0.29) is 17.4 Å². The molecule has 0 saturated carbocycles. The summed E-state index contributed by atoms with van der Waals surface area (Å²) in [6.45, 7) is -0.922. The summed E-state index contributed by atoms with van der Waals surface area (Å²) in [5, 5.41) is 9.88. The first-order valence-electron chi connectivity index (χ1n) is 6.45. The molecule has 0 unspecified atom stereocenters. The van der Waals surface area contributed by atoms with Gasteiger partial charge in [-0.3, -0.25) is 9.89 Å². The number of aromatic amines is 1. The van der Waals surface area contributed by atoms with E-state index in [0.717, 1.165) is 12.2 Å². The van der Waals surface area contributed by atoms with Crippen LogP contribution in [0.4, 0.5) is 14.5 Å². The predicted molar refractivity (Wildman–Crippen MR) is 78.2 cm³/mol. The van der Waals surface area contributed by atoms with Crippen LogP contribution < -0.4 is 10.1 Å². The highest BCUT2D eigenvalue weighted by Gasteiger charge is 2.08. The molecule has 1 heterocycles. The molecule has 1 aromatic heterocycles. The summed E-state index contributed by atoms with van der Waals surface area (Å²) in [5.41, 5.74) is 0.497. The molecule has 2 rings (SSSR count). The van der Waals surface area contributed by atoms with Crippen molar-refractivity contribution < 1.29 is 18.3 Å². The van der Waals surface area contributed by atoms with Crippen LogP contribution in [0.15, 0.2) is 29.4 Å². The van der Waals surface area contributed by atoms with Gasteiger partial charge in [0.2, 0.25) is 11.1 Å². The van der Waals surface area contributed by atoms with Gasteiger partial charge in [-0.05, 0) is 24.3 Å². The summed E-state index contributed by atoms with van der Waals surface area (Å²) in [7, 11) is 0. The number of nitrogens with zero attached hydrogens (tertiary/aromatic N) is 2. The van der Waals surface area contributed by atoms with Gasteiger partial charge in [0.05, 0.1) is 5.75 Å². The summed E-state index contributed by atoms with van der Waals surface area (Å²) in [6, 6.07) is 5.69. The van der Waals surface area contributed by atoms with Crippen molar-refractivity contribution in [1.29, 1.82) is 0 Å². The maximum absolute atomic E-state index is 12.0. The summed E-state index contributed by atoms with van der Waals surface area (Å²) >= 11 is 1.21. The average molecular weight is 328 g/mol. The van der Waals surface area contributed by atoms with Crippen LogP contribution >= 0.6 is 11.8 Å². The van der Waals surface area contributed by atoms with Gasteiger partial charge in [0.25, 0.3) is 0 Å². The minimum absolute atomic E-state index is 0.0372. The van der Waals surface area contributed by atoms with Crippen LogP contribution in [0.5, 0.6) is 5.75 Å². The Balaban J connectivity index is 1.81. The lowest BCUT2D eigenvalue weighted by atomic mass is 10.3. The number of hydrogen-bond acceptors (Lipinski definition) is 5. The van der Waals surface area contributed by atoms with Gasteiger partial charge in [-0.25, -0.2) is 4.98 Å². The van der Waals surface area contributed by atoms with Crippen molar-refractivity contribution in [2.75, 3.05) is 11.1 Å². The molecule has 9 heteroatoms. The quantitative estimate of drug-likeness (QED) is 0.764. The number of benzene rings is 1. The zero-order valence-corrected chi connectivity index (χ0v) is 12.5. The third-order valence-corrected chi connectivity index (χ3v) is 3.39. The molecule has 0 aliphatic heterocycles. The standard InChI is InChI=1S/C13H14F2N4O2S/c1-2-10-17-13(19-18-10)22-7-11(20)16-8-3-5-9(6-4-8)21-12(14)15/h3-6,12H,2,7H2,1H3,(H,16,20)(H,17,18,19). The van der Waals surface area contributed by atoms with Crippen LogP contribution in [-0.2, 0) is 11.2 Å². The number of anilines is 1. The van der Waals surface area contributed by atoms with Gasteiger partial charge < -0.3 is 10.1 Å². The highest BCUT2D eigenvalue weighted by atomic mass is 32.2. The van der Waals surface area contributed by atoms with Gasteiger partial charge >= 0.3 is 6.61 Å². The Kier molecular flexibility index (Phi) is 5.70. The van der Waals surface area contributed by atoms with Crippen LogP contribution in [0.1, 0.15) is 12.7 Å². The fourth-order valence-electron chi connectivity index (χ4n) is 1.55. The Labute approximate surface area is 129 Å². The fraction of sp³-hybridized carbons (Fsp3) is 0.308. The molecule has 1 aromatic carbocycles. The van der Waals surface area contributed by atoms with E-state index in [9.17, 15) is 13.6 Å². The van der Waals surface area contributed by atoms with E-state index in [1.165, 1.54) is 36.0 Å². The van der Waals surface area contributed by atoms with Gasteiger partial charge in [-0.1, -0.05) is 18.7 Å². The molecule has 118 valence electrons. The number of H-pyrrole nitrogens is 1. The van der Waals surface area contributed by atoms with Crippen molar-refractivity contribution in [1.82, 2.24) is 15.2 Å². The monoisotopic (exact) mass is 328 g/mol. The highest BCUT2D eigenvalue weighted by molar-refractivity contribution is 7.99. The molecule has 0 aliphatic carbocycles. The fourth-order valence-corrected chi connectivity index (χ4v) is 2.16. The van der Waals surface area contributed by atoms with Gasteiger partial charge in [0.1, 0.15) is 11.6 Å². The van der Waals surface area contributed by atoms with Gasteiger partial charge in [-0.15, -0.1) is 5.10 Å². The van der Waals surface area contributed by atoms with E-state index in [2.05, 4.69) is 25.2 Å². The third kappa shape index (κ3) is 4.99. The number of halogens is 2. The van der Waals surface area contributed by atoms with Crippen molar-refractivity contribution in [2.45, 2.75) is 25.1 Å². The lowest BCUT2D eigenvalue weighted by Crippen LogP contribution is -2.14. The minimum atomic E-state index is -2.87. The lowest BCUT2D eigenvalue weighted by molar-refractivity contribution is -0.113. The Morgan fingerprint density at radius 2 is 2.14 bits per heavy atom. The molecular weight excluding hydrogens is 314 g/mol. The van der Waals surface area contributed by atoms with Crippen LogP contribution in [0.25, 0.3) is 0 Å². The number of ether oxygens (including phenoxy) is 1. The molecule has 0 aliphatic rings. The van der Waals surface area contributed by atoms with E-state index in [1.54, 1.807) is 0 Å². The van der Waals surface area contributed by atoms with E-state index in [4.69, 9.17) is 0 Å². The van der Waals surface area contributed by atoms with Crippen molar-refractivity contribution in [3.8, 4) is 5.75 Å². The molecule has 0 spiro atoms. The molecule has 0 bridgehead atoms. The number of aryl methyl sites for hydroxylation is 1. The summed E-state index contributed by atoms with van der Waals surface area (Å²) in [6.07, 6.45) is 0.743. The number of aromatic nitrogens is 3. The lowest BCUT2D eigenvalue weighted by Gasteiger charge is -2.07. The first-order valence-corrected chi connectivity index (χ1v) is 7.44. The zero-order chi connectivity index (χ0) is 15.9. The molecule has 1 amide bonds. The second kappa shape index (κ2) is 7.74. The van der Waals surface area contributed by atoms with Gasteiger partial charge in [0, 0.05) is 12.1 Å². The Bertz CT molecular complexity index is 619. The SMILES string of the molecule is CCc1nc(SCC(=O)Nc2ccc(OC(F)F)cc2)n[nH]1. The van der Waals surface area contributed by atoms with Gasteiger partial charge in [-0.2, -0.15) is 8.78 Å². The highest BCUT2D eigenvalue weighted by Crippen LogP contribution is 2.18. The number of carbonyl (C=O) groups is 1. The Morgan fingerprint density at radius 3 is 2.73 bits per heavy atom. The van der Waals surface area contributed by atoms with Crippen molar-refractivity contribution in [3.05, 3.63) is 30.1 Å². The minimum Gasteiger partial charge on any atom is -0.435 e. The van der Waals surface area contributed by atoms with E-state index < -0.39 is 6.61 Å². The van der Waals surface area contributed by atoms with Crippen LogP contribution in [0, 0.1) is 0 Å². The second-order valence-corrected chi connectivity index (χ2v) is 5.10. The van der Waals surface area contributed by atoms with E-state index in [1.807, 2.05) is 6.92 Å². The second-order valence-electron chi connectivity index (χ2n) is 4.16. The summed E-state index contributed by atoms with van der Waals surface area (Å²) < 4.78 is 28.2. The smallest absolute Gasteiger partial charge is 0.387 e. The van der Waals surface area contributed by atoms with Crippen molar-refractivity contribution >= 4 is 23.4 Å². The van der Waals surface area contributed by atoms with Crippen LogP contribution in [-0.4, -0.2) is 33.5 Å². The normalized spacial score (nSPS) is 10.7. The topological polar surface area (TPSA) is 79.9 Å². The number of nitrogens with one attached hydrogen (secondary N) is 2. The third-order valence-electron chi connectivity index (χ3n) is 2.54. The first-order chi connectivity index (χ1) is 10.6. The molecule has 2 N–H and O–H groups in total. The molecule has 0 fully saturated rings. The summed E-state index contributed by atoms with van der Waals surface area (Å²) in [5.74, 6) is 0.708. The van der Waals surface area contributed by atoms with Crippen LogP contribution in [0.2, 0.25) is 0 Å². The summed E-state index contributed by atoms with van der Waals surface area (Å²) in [4.78, 5) is 16.0. The van der Waals surface area contributed by atoms with E-state index >= 15 is 0 Å². The Morgan fingerprint density at radius 1 is 1.41 bits per heavy atom. The van der Waals surface area contributed by atoms with Crippen LogP contribution in [0.3, 0.4) is 0 Å². The number of rotatable bonds is 7. The maximum atomic E-state index is 12.0. The van der Waals surface area contributed by atoms with Crippen molar-refractivity contribution in [3.63, 3.8) is 0 Å². The number of carbonyl (C=O) groups excluding carboxylic acids is 1. The molecular formula is C13H14F2N4O2S. The van der Waals surface area contributed by atoms with Gasteiger partial charge in [0.15, 0.2) is 0 Å².